The van der Waals surface area contributed by atoms with Crippen LogP contribution in [0.5, 0.6) is 0 Å². The van der Waals surface area contributed by atoms with E-state index in [0.29, 0.717) is 24.4 Å². The molecule has 32 heavy (non-hydrogen) atoms. The van der Waals surface area contributed by atoms with Gasteiger partial charge < -0.3 is 15.0 Å². The van der Waals surface area contributed by atoms with Crippen molar-refractivity contribution in [2.45, 2.75) is 30.8 Å². The highest BCUT2D eigenvalue weighted by atomic mass is 32.2. The van der Waals surface area contributed by atoms with Crippen LogP contribution >= 0.6 is 0 Å². The summed E-state index contributed by atoms with van der Waals surface area (Å²) < 4.78 is 33.1. The molecular formula is C23H25N3O5S. The fourth-order valence-corrected chi connectivity index (χ4v) is 5.12. The van der Waals surface area contributed by atoms with Crippen molar-refractivity contribution in [3.05, 3.63) is 70.0 Å². The van der Waals surface area contributed by atoms with E-state index in [4.69, 9.17) is 4.74 Å². The van der Waals surface area contributed by atoms with Gasteiger partial charge in [0.05, 0.1) is 16.7 Å². The number of nitrogens with zero attached hydrogens (tertiary/aromatic N) is 1. The lowest BCUT2D eigenvalue weighted by molar-refractivity contribution is 0.0857. The van der Waals surface area contributed by atoms with Gasteiger partial charge in [-0.2, -0.15) is 0 Å². The molecule has 0 unspecified atom stereocenters. The van der Waals surface area contributed by atoms with Gasteiger partial charge in [0.1, 0.15) is 5.56 Å². The second-order valence-electron chi connectivity index (χ2n) is 7.84. The van der Waals surface area contributed by atoms with Crippen LogP contribution in [0.3, 0.4) is 0 Å². The van der Waals surface area contributed by atoms with Gasteiger partial charge in [0, 0.05) is 37.3 Å². The number of hydrogen-bond acceptors (Lipinski definition) is 5. The van der Waals surface area contributed by atoms with E-state index in [1.54, 1.807) is 12.1 Å². The lowest BCUT2D eigenvalue weighted by atomic mass is 10.1. The summed E-state index contributed by atoms with van der Waals surface area (Å²) in [6.45, 7) is 2.82. The summed E-state index contributed by atoms with van der Waals surface area (Å²) in [5, 5.41) is 2.86. The van der Waals surface area contributed by atoms with Gasteiger partial charge in [0.25, 0.3) is 15.9 Å². The maximum absolute atomic E-state index is 13.2. The number of benzene rings is 2. The zero-order valence-corrected chi connectivity index (χ0v) is 18.7. The maximum atomic E-state index is 13.2. The van der Waals surface area contributed by atoms with Crippen molar-refractivity contribution in [2.24, 2.45) is 0 Å². The van der Waals surface area contributed by atoms with Crippen molar-refractivity contribution in [2.75, 3.05) is 24.5 Å². The minimum Gasteiger partial charge on any atom is -0.376 e. The molecule has 2 heterocycles. The molecule has 1 fully saturated rings. The third-order valence-corrected chi connectivity index (χ3v) is 7.49. The molecular weight excluding hydrogens is 430 g/mol. The number of ether oxygens (including phenoxy) is 1. The molecule has 0 saturated carbocycles. The van der Waals surface area contributed by atoms with Gasteiger partial charge in [-0.15, -0.1) is 0 Å². The van der Waals surface area contributed by atoms with Gasteiger partial charge in [-0.3, -0.25) is 13.9 Å². The number of anilines is 1. The molecule has 1 aromatic heterocycles. The summed E-state index contributed by atoms with van der Waals surface area (Å²) in [4.78, 5) is 28.5. The Morgan fingerprint density at radius 1 is 1.25 bits per heavy atom. The number of carbonyl (C=O) groups excluding carboxylic acids is 1. The fraction of sp³-hybridized carbons (Fsp3) is 0.304. The zero-order chi connectivity index (χ0) is 22.9. The van der Waals surface area contributed by atoms with Crippen LogP contribution in [0.4, 0.5) is 5.69 Å². The Labute approximate surface area is 186 Å². The monoisotopic (exact) mass is 455 g/mol. The molecule has 4 rings (SSSR count). The van der Waals surface area contributed by atoms with Gasteiger partial charge in [-0.05, 0) is 49.6 Å². The average Bonchev–Trinajstić information content (AvgIpc) is 3.31. The lowest BCUT2D eigenvalue weighted by Crippen LogP contribution is -2.34. The first-order valence-corrected chi connectivity index (χ1v) is 11.8. The Balaban J connectivity index is 1.67. The van der Waals surface area contributed by atoms with Crippen LogP contribution in [-0.4, -0.2) is 45.6 Å². The molecule has 168 valence electrons. The van der Waals surface area contributed by atoms with Gasteiger partial charge in [-0.25, -0.2) is 8.42 Å². The van der Waals surface area contributed by atoms with Gasteiger partial charge in [0.2, 0.25) is 5.43 Å². The van der Waals surface area contributed by atoms with E-state index in [9.17, 15) is 18.0 Å². The highest BCUT2D eigenvalue weighted by Gasteiger charge is 2.24. The first-order chi connectivity index (χ1) is 15.3. The van der Waals surface area contributed by atoms with E-state index in [0.717, 1.165) is 18.4 Å². The Hall–Kier alpha value is -3.17. The Morgan fingerprint density at radius 3 is 2.75 bits per heavy atom. The number of carbonyl (C=O) groups is 1. The number of aryl methyl sites for hydroxylation is 1. The molecule has 1 amide bonds. The van der Waals surface area contributed by atoms with E-state index in [2.05, 4.69) is 10.3 Å². The van der Waals surface area contributed by atoms with Crippen LogP contribution in [0.25, 0.3) is 10.9 Å². The van der Waals surface area contributed by atoms with Crippen LogP contribution in [0, 0.1) is 6.92 Å². The summed E-state index contributed by atoms with van der Waals surface area (Å²) in [5.41, 5.74) is 1.20. The summed E-state index contributed by atoms with van der Waals surface area (Å²) >= 11 is 0. The van der Waals surface area contributed by atoms with Crippen LogP contribution in [0.15, 0.2) is 58.4 Å². The minimum absolute atomic E-state index is 0.0295. The van der Waals surface area contributed by atoms with Crippen LogP contribution in [-0.2, 0) is 14.8 Å². The lowest BCUT2D eigenvalue weighted by Gasteiger charge is -2.21. The average molecular weight is 456 g/mol. The van der Waals surface area contributed by atoms with Crippen LogP contribution in [0.2, 0.25) is 0 Å². The molecule has 9 heteroatoms. The highest BCUT2D eigenvalue weighted by Crippen LogP contribution is 2.26. The van der Waals surface area contributed by atoms with Gasteiger partial charge in [0.15, 0.2) is 0 Å². The molecule has 2 N–H and O–H groups in total. The predicted octanol–water partition coefficient (Wildman–Crippen LogP) is 2.57. The largest absolute Gasteiger partial charge is 0.376 e. The molecule has 1 saturated heterocycles. The molecule has 8 nitrogen and oxygen atoms in total. The quantitative estimate of drug-likeness (QED) is 0.594. The number of fused-ring (bicyclic) bond motifs is 1. The molecule has 0 bridgehead atoms. The van der Waals surface area contributed by atoms with Crippen LogP contribution < -0.4 is 15.1 Å². The number of sulfonamides is 1. The predicted molar refractivity (Wildman–Crippen MR) is 123 cm³/mol. The Kier molecular flexibility index (Phi) is 6.03. The van der Waals surface area contributed by atoms with E-state index in [1.165, 1.54) is 35.7 Å². The van der Waals surface area contributed by atoms with Crippen molar-refractivity contribution in [3.63, 3.8) is 0 Å². The molecule has 1 aliphatic rings. The first kappa shape index (κ1) is 22.0. The van der Waals surface area contributed by atoms with Crippen LogP contribution in [0.1, 0.15) is 28.8 Å². The Morgan fingerprint density at radius 2 is 2.03 bits per heavy atom. The second kappa shape index (κ2) is 8.76. The van der Waals surface area contributed by atoms with Crippen molar-refractivity contribution in [1.82, 2.24) is 10.3 Å². The summed E-state index contributed by atoms with van der Waals surface area (Å²) in [6.07, 6.45) is 3.12. The molecule has 2 aromatic carbocycles. The second-order valence-corrected chi connectivity index (χ2v) is 9.81. The molecule has 3 aromatic rings. The number of amides is 1. The number of nitrogens with one attached hydrogen (secondary N) is 2. The Bertz CT molecular complexity index is 1330. The number of aromatic amines is 1. The first-order valence-electron chi connectivity index (χ1n) is 10.4. The standard InChI is InChI=1S/C23H25N3O5S/c1-15-6-3-4-8-21(15)26(2)32(29,30)17-9-10-20-18(12-17)22(27)19(14-24-20)23(28)25-13-16-7-5-11-31-16/h3-4,6,8-10,12,14,16H,5,7,11,13H2,1-2H3,(H,24,27)(H,25,28)/t16-/m0/s1. The number of rotatable bonds is 6. The molecule has 1 atom stereocenters. The summed E-state index contributed by atoms with van der Waals surface area (Å²) in [6, 6.07) is 11.4. The smallest absolute Gasteiger partial charge is 0.264 e. The molecule has 0 spiro atoms. The SMILES string of the molecule is Cc1ccccc1N(C)S(=O)(=O)c1ccc2[nH]cc(C(=O)NC[C@@H]3CCCO3)c(=O)c2c1. The number of pyridine rings is 1. The van der Waals surface area contributed by atoms with Crippen molar-refractivity contribution >= 4 is 32.5 Å². The normalized spacial score (nSPS) is 16.2. The van der Waals surface area contributed by atoms with E-state index in [1.807, 2.05) is 19.1 Å². The van der Waals surface area contributed by atoms with E-state index >= 15 is 0 Å². The third kappa shape index (κ3) is 4.13. The van der Waals surface area contributed by atoms with Crippen molar-refractivity contribution in [3.8, 4) is 0 Å². The van der Waals surface area contributed by atoms with Gasteiger partial charge >= 0.3 is 0 Å². The van der Waals surface area contributed by atoms with Crippen molar-refractivity contribution < 1.29 is 17.9 Å². The number of aromatic nitrogens is 1. The van der Waals surface area contributed by atoms with E-state index in [-0.39, 0.29) is 21.9 Å². The summed E-state index contributed by atoms with van der Waals surface area (Å²) in [7, 11) is -2.44. The van der Waals surface area contributed by atoms with E-state index < -0.39 is 21.4 Å². The van der Waals surface area contributed by atoms with Crippen molar-refractivity contribution in [1.29, 1.82) is 0 Å². The fourth-order valence-electron chi connectivity index (χ4n) is 3.84. The topological polar surface area (TPSA) is 109 Å². The number of para-hydroxylation sites is 1. The maximum Gasteiger partial charge on any atom is 0.264 e. The highest BCUT2D eigenvalue weighted by molar-refractivity contribution is 7.92. The molecule has 1 aliphatic heterocycles. The molecule has 0 aliphatic carbocycles. The number of H-pyrrole nitrogens is 1. The van der Waals surface area contributed by atoms with Gasteiger partial charge in [-0.1, -0.05) is 18.2 Å². The third-order valence-electron chi connectivity index (χ3n) is 5.72. The zero-order valence-electron chi connectivity index (χ0n) is 17.9. The molecule has 0 radical (unpaired) electrons. The summed E-state index contributed by atoms with van der Waals surface area (Å²) in [5.74, 6) is -0.520. The minimum atomic E-state index is -3.91. The number of hydrogen-bond donors (Lipinski definition) is 2.